The van der Waals surface area contributed by atoms with Gasteiger partial charge in [-0.25, -0.2) is 9.97 Å². The lowest BCUT2D eigenvalue weighted by molar-refractivity contribution is 0.283. The Kier molecular flexibility index (Phi) is 4.36. The van der Waals surface area contributed by atoms with Crippen molar-refractivity contribution in [1.29, 1.82) is 0 Å². The molecule has 0 amide bonds. The predicted molar refractivity (Wildman–Crippen MR) is 72.6 cm³/mol. The van der Waals surface area contributed by atoms with Gasteiger partial charge < -0.3 is 16.2 Å². The summed E-state index contributed by atoms with van der Waals surface area (Å²) in [4.78, 5) is 8.91. The zero-order chi connectivity index (χ0) is 13.0. The molecule has 1 saturated carbocycles. The molecule has 1 aromatic heterocycles. The third-order valence-corrected chi connectivity index (χ3v) is 3.27. The molecule has 1 fully saturated rings. The minimum absolute atomic E-state index is 0.269. The molecule has 5 nitrogen and oxygen atoms in total. The van der Waals surface area contributed by atoms with E-state index in [0.717, 1.165) is 43.0 Å². The molecule has 0 radical (unpaired) electrons. The largest absolute Gasteiger partial charge is 0.396 e. The van der Waals surface area contributed by atoms with E-state index in [0.29, 0.717) is 11.7 Å². The molecule has 18 heavy (non-hydrogen) atoms. The van der Waals surface area contributed by atoms with Crippen LogP contribution < -0.4 is 11.1 Å². The lowest BCUT2D eigenvalue weighted by Gasteiger charge is -2.11. The molecule has 1 aromatic rings. The van der Waals surface area contributed by atoms with E-state index in [9.17, 15) is 0 Å². The van der Waals surface area contributed by atoms with Crippen molar-refractivity contribution in [2.75, 3.05) is 24.2 Å². The number of aliphatic hydroxyl groups excluding tert-OH is 1. The van der Waals surface area contributed by atoms with Crippen LogP contribution in [0, 0.1) is 6.92 Å². The first-order chi connectivity index (χ1) is 8.72. The van der Waals surface area contributed by atoms with Gasteiger partial charge in [0.2, 0.25) is 0 Å². The Labute approximate surface area is 108 Å². The van der Waals surface area contributed by atoms with Crippen molar-refractivity contribution in [1.82, 2.24) is 9.97 Å². The summed E-state index contributed by atoms with van der Waals surface area (Å²) in [6.45, 7) is 3.08. The van der Waals surface area contributed by atoms with Crippen molar-refractivity contribution in [2.45, 2.75) is 44.9 Å². The fraction of sp³-hybridized carbons (Fsp3) is 0.692. The van der Waals surface area contributed by atoms with E-state index in [-0.39, 0.29) is 6.61 Å². The number of rotatable bonds is 7. The third-order valence-electron chi connectivity index (χ3n) is 3.27. The Balaban J connectivity index is 1.93. The third kappa shape index (κ3) is 3.32. The van der Waals surface area contributed by atoms with Crippen molar-refractivity contribution < 1.29 is 5.11 Å². The Morgan fingerprint density at radius 2 is 2.06 bits per heavy atom. The van der Waals surface area contributed by atoms with Gasteiger partial charge >= 0.3 is 0 Å². The lowest BCUT2D eigenvalue weighted by Crippen LogP contribution is -2.10. The normalized spacial score (nSPS) is 14.8. The number of hydrogen-bond acceptors (Lipinski definition) is 5. The van der Waals surface area contributed by atoms with Gasteiger partial charge in [0.15, 0.2) is 0 Å². The standard InChI is InChI=1S/C13H22N4O/c1-9-11(14)16-13(10-5-6-10)17-12(9)15-7-3-2-4-8-18/h10,18H,2-8H2,1H3,(H3,14,15,16,17). The fourth-order valence-corrected chi connectivity index (χ4v) is 1.87. The van der Waals surface area contributed by atoms with Crippen molar-refractivity contribution in [2.24, 2.45) is 0 Å². The highest BCUT2D eigenvalue weighted by Gasteiger charge is 2.27. The lowest BCUT2D eigenvalue weighted by atomic mass is 10.2. The summed E-state index contributed by atoms with van der Waals surface area (Å²) in [5.41, 5.74) is 6.85. The predicted octanol–water partition coefficient (Wildman–Crippen LogP) is 1.82. The van der Waals surface area contributed by atoms with Gasteiger partial charge in [0.05, 0.1) is 0 Å². The maximum atomic E-state index is 8.71. The maximum Gasteiger partial charge on any atom is 0.136 e. The molecule has 0 atom stereocenters. The number of nitrogen functional groups attached to an aromatic ring is 1. The number of aromatic nitrogens is 2. The maximum absolute atomic E-state index is 8.71. The van der Waals surface area contributed by atoms with Crippen LogP contribution in [0.2, 0.25) is 0 Å². The van der Waals surface area contributed by atoms with Crippen LogP contribution in [0.25, 0.3) is 0 Å². The summed E-state index contributed by atoms with van der Waals surface area (Å²) in [5.74, 6) is 2.86. The molecular formula is C13H22N4O. The molecule has 0 unspecified atom stereocenters. The van der Waals surface area contributed by atoms with Gasteiger partial charge in [-0.3, -0.25) is 0 Å². The summed E-state index contributed by atoms with van der Waals surface area (Å²) in [6, 6.07) is 0. The molecule has 2 rings (SSSR count). The summed E-state index contributed by atoms with van der Waals surface area (Å²) < 4.78 is 0. The van der Waals surface area contributed by atoms with Crippen molar-refractivity contribution >= 4 is 11.6 Å². The summed E-state index contributed by atoms with van der Waals surface area (Å²) in [7, 11) is 0. The quantitative estimate of drug-likeness (QED) is 0.643. The molecule has 0 aliphatic heterocycles. The highest BCUT2D eigenvalue weighted by atomic mass is 16.2. The minimum Gasteiger partial charge on any atom is -0.396 e. The van der Waals surface area contributed by atoms with Crippen molar-refractivity contribution in [3.63, 3.8) is 0 Å². The van der Waals surface area contributed by atoms with Crippen LogP contribution in [0.15, 0.2) is 0 Å². The second kappa shape index (κ2) is 6.00. The number of aliphatic hydroxyl groups is 1. The number of nitrogens with zero attached hydrogens (tertiary/aromatic N) is 2. The Hall–Kier alpha value is -1.36. The first-order valence-electron chi connectivity index (χ1n) is 6.71. The van der Waals surface area contributed by atoms with Crippen LogP contribution in [0.1, 0.15) is 49.4 Å². The number of nitrogens with two attached hydrogens (primary N) is 1. The van der Waals surface area contributed by atoms with Crippen LogP contribution in [0.4, 0.5) is 11.6 Å². The molecule has 0 bridgehead atoms. The monoisotopic (exact) mass is 250 g/mol. The van der Waals surface area contributed by atoms with E-state index in [4.69, 9.17) is 10.8 Å². The van der Waals surface area contributed by atoms with Crippen molar-refractivity contribution in [3.05, 3.63) is 11.4 Å². The molecule has 4 N–H and O–H groups in total. The van der Waals surface area contributed by atoms with Gasteiger partial charge in [-0.15, -0.1) is 0 Å². The zero-order valence-electron chi connectivity index (χ0n) is 10.9. The number of anilines is 2. The second-order valence-electron chi connectivity index (χ2n) is 4.93. The number of unbranched alkanes of at least 4 members (excludes halogenated alkanes) is 2. The van der Waals surface area contributed by atoms with Gasteiger partial charge in [-0.05, 0) is 39.0 Å². The van der Waals surface area contributed by atoms with Crippen LogP contribution in [-0.4, -0.2) is 28.2 Å². The molecule has 5 heteroatoms. The Morgan fingerprint density at radius 1 is 1.28 bits per heavy atom. The first-order valence-corrected chi connectivity index (χ1v) is 6.71. The average Bonchev–Trinajstić information content (AvgIpc) is 3.18. The number of hydrogen-bond donors (Lipinski definition) is 3. The van der Waals surface area contributed by atoms with Crippen molar-refractivity contribution in [3.8, 4) is 0 Å². The second-order valence-corrected chi connectivity index (χ2v) is 4.93. The zero-order valence-corrected chi connectivity index (χ0v) is 10.9. The summed E-state index contributed by atoms with van der Waals surface area (Å²) in [5, 5.41) is 12.0. The molecule has 0 spiro atoms. The van der Waals surface area contributed by atoms with E-state index in [1.165, 1.54) is 12.8 Å². The molecule has 0 saturated heterocycles. The van der Waals surface area contributed by atoms with Gasteiger partial charge in [-0.2, -0.15) is 0 Å². The molecule has 0 aromatic carbocycles. The first kappa shape index (κ1) is 13.1. The van der Waals surface area contributed by atoms with Crippen LogP contribution in [0.3, 0.4) is 0 Å². The van der Waals surface area contributed by atoms with Gasteiger partial charge in [0, 0.05) is 24.6 Å². The highest BCUT2D eigenvalue weighted by Crippen LogP contribution is 2.39. The fourth-order valence-electron chi connectivity index (χ4n) is 1.87. The smallest absolute Gasteiger partial charge is 0.136 e. The van der Waals surface area contributed by atoms with E-state index in [2.05, 4.69) is 15.3 Å². The van der Waals surface area contributed by atoms with E-state index < -0.39 is 0 Å². The molecule has 1 heterocycles. The van der Waals surface area contributed by atoms with Gasteiger partial charge in [0.1, 0.15) is 17.5 Å². The SMILES string of the molecule is Cc1c(N)nc(C2CC2)nc1NCCCCCO. The van der Waals surface area contributed by atoms with Crippen LogP contribution in [-0.2, 0) is 0 Å². The molecular weight excluding hydrogens is 228 g/mol. The van der Waals surface area contributed by atoms with Gasteiger partial charge in [-0.1, -0.05) is 0 Å². The number of nitrogens with one attached hydrogen (secondary N) is 1. The summed E-state index contributed by atoms with van der Waals surface area (Å²) in [6.07, 6.45) is 5.28. The summed E-state index contributed by atoms with van der Waals surface area (Å²) >= 11 is 0. The average molecular weight is 250 g/mol. The van der Waals surface area contributed by atoms with Crippen LogP contribution in [0.5, 0.6) is 0 Å². The highest BCUT2D eigenvalue weighted by molar-refractivity contribution is 5.55. The van der Waals surface area contributed by atoms with Gasteiger partial charge in [0.25, 0.3) is 0 Å². The molecule has 1 aliphatic carbocycles. The molecule has 100 valence electrons. The van der Waals surface area contributed by atoms with E-state index in [1.54, 1.807) is 0 Å². The van der Waals surface area contributed by atoms with E-state index >= 15 is 0 Å². The minimum atomic E-state index is 0.269. The Bertz CT molecular complexity index is 404. The van der Waals surface area contributed by atoms with Crippen LogP contribution >= 0.6 is 0 Å². The van der Waals surface area contributed by atoms with E-state index in [1.807, 2.05) is 6.92 Å². The Morgan fingerprint density at radius 3 is 2.72 bits per heavy atom. The topological polar surface area (TPSA) is 84.1 Å². The molecule has 1 aliphatic rings.